The second-order valence-electron chi connectivity index (χ2n) is 4.76. The molecular formula is C14H22BrN3O. The number of anilines is 1. The number of carbonyl (C=O) groups excluding carboxylic acids is 1. The third-order valence-corrected chi connectivity index (χ3v) is 3.17. The van der Waals surface area contributed by atoms with Crippen molar-refractivity contribution in [3.8, 4) is 0 Å². The van der Waals surface area contributed by atoms with Gasteiger partial charge in [0.05, 0.1) is 6.54 Å². The maximum atomic E-state index is 11.8. The van der Waals surface area contributed by atoms with Gasteiger partial charge in [0.2, 0.25) is 5.91 Å². The number of carbonyl (C=O) groups is 1. The lowest BCUT2D eigenvalue weighted by atomic mass is 10.2. The minimum absolute atomic E-state index is 0.0334. The second kappa shape index (κ2) is 7.50. The molecule has 0 radical (unpaired) electrons. The van der Waals surface area contributed by atoms with Gasteiger partial charge in [-0.1, -0.05) is 15.9 Å². The van der Waals surface area contributed by atoms with Gasteiger partial charge < -0.3 is 16.0 Å². The Hall–Kier alpha value is -1.07. The van der Waals surface area contributed by atoms with Crippen molar-refractivity contribution in [2.45, 2.75) is 33.4 Å². The van der Waals surface area contributed by atoms with E-state index in [1.165, 1.54) is 0 Å². The zero-order valence-corrected chi connectivity index (χ0v) is 13.3. The fraction of sp³-hybridized carbons (Fsp3) is 0.500. The molecule has 1 aromatic carbocycles. The average Bonchev–Trinajstić information content (AvgIpc) is 2.34. The number of nitrogens with one attached hydrogen (secondary N) is 1. The van der Waals surface area contributed by atoms with Crippen LogP contribution in [0.15, 0.2) is 22.7 Å². The highest BCUT2D eigenvalue weighted by atomic mass is 79.9. The number of hydrogen-bond donors (Lipinski definition) is 2. The van der Waals surface area contributed by atoms with Crippen molar-refractivity contribution in [1.82, 2.24) is 5.32 Å². The summed E-state index contributed by atoms with van der Waals surface area (Å²) in [5, 5.41) is 2.90. The van der Waals surface area contributed by atoms with Crippen molar-refractivity contribution in [3.63, 3.8) is 0 Å². The van der Waals surface area contributed by atoms with Crippen molar-refractivity contribution in [3.05, 3.63) is 28.2 Å². The number of rotatable bonds is 6. The summed E-state index contributed by atoms with van der Waals surface area (Å²) in [4.78, 5) is 13.9. The molecule has 0 unspecified atom stereocenters. The highest BCUT2D eigenvalue weighted by Gasteiger charge is 2.12. The number of hydrogen-bond acceptors (Lipinski definition) is 3. The molecule has 0 aliphatic rings. The fourth-order valence-electron chi connectivity index (χ4n) is 1.86. The first kappa shape index (κ1) is 16.0. The monoisotopic (exact) mass is 327 g/mol. The van der Waals surface area contributed by atoms with Crippen LogP contribution in [0, 0.1) is 0 Å². The predicted octanol–water partition coefficient (Wildman–Crippen LogP) is 2.26. The molecule has 0 aliphatic carbocycles. The first-order valence-corrected chi connectivity index (χ1v) is 7.29. The quantitative estimate of drug-likeness (QED) is 0.842. The molecule has 19 heavy (non-hydrogen) atoms. The molecule has 0 aliphatic heterocycles. The van der Waals surface area contributed by atoms with Crippen LogP contribution in [0.1, 0.15) is 26.3 Å². The number of nitrogens with two attached hydrogens (primary N) is 1. The van der Waals surface area contributed by atoms with E-state index in [4.69, 9.17) is 5.73 Å². The predicted molar refractivity (Wildman–Crippen MR) is 83.2 cm³/mol. The Kier molecular flexibility index (Phi) is 6.31. The van der Waals surface area contributed by atoms with Crippen molar-refractivity contribution < 1.29 is 4.79 Å². The van der Waals surface area contributed by atoms with Crippen LogP contribution >= 0.6 is 15.9 Å². The third kappa shape index (κ3) is 5.20. The molecule has 1 rings (SSSR count). The van der Waals surface area contributed by atoms with Gasteiger partial charge in [-0.3, -0.25) is 4.79 Å². The van der Waals surface area contributed by atoms with Crippen LogP contribution in [0.5, 0.6) is 0 Å². The van der Waals surface area contributed by atoms with E-state index in [0.717, 1.165) is 22.3 Å². The van der Waals surface area contributed by atoms with Crippen LogP contribution in [-0.2, 0) is 11.3 Å². The molecule has 0 fully saturated rings. The van der Waals surface area contributed by atoms with Gasteiger partial charge >= 0.3 is 0 Å². The van der Waals surface area contributed by atoms with E-state index in [-0.39, 0.29) is 11.9 Å². The van der Waals surface area contributed by atoms with Gasteiger partial charge in [-0.05, 0) is 44.5 Å². The average molecular weight is 328 g/mol. The van der Waals surface area contributed by atoms with E-state index in [2.05, 4.69) is 21.2 Å². The van der Waals surface area contributed by atoms with Crippen LogP contribution < -0.4 is 16.0 Å². The fourth-order valence-corrected chi connectivity index (χ4v) is 2.39. The van der Waals surface area contributed by atoms with Gasteiger partial charge in [0, 0.05) is 29.3 Å². The van der Waals surface area contributed by atoms with Gasteiger partial charge in [0.25, 0.3) is 0 Å². The Morgan fingerprint density at radius 2 is 2.11 bits per heavy atom. The lowest BCUT2D eigenvalue weighted by Gasteiger charge is -2.24. The normalized spacial score (nSPS) is 10.6. The minimum atomic E-state index is 0.0334. The number of benzene rings is 1. The molecule has 0 heterocycles. The molecule has 0 saturated carbocycles. The second-order valence-corrected chi connectivity index (χ2v) is 5.67. The number of halogens is 1. The molecule has 0 saturated heterocycles. The van der Waals surface area contributed by atoms with E-state index >= 15 is 0 Å². The summed E-state index contributed by atoms with van der Waals surface area (Å²) in [5.74, 6) is 0.0334. The summed E-state index contributed by atoms with van der Waals surface area (Å²) >= 11 is 3.48. The minimum Gasteiger partial charge on any atom is -0.362 e. The van der Waals surface area contributed by atoms with Crippen molar-refractivity contribution in [1.29, 1.82) is 0 Å². The summed E-state index contributed by atoms with van der Waals surface area (Å²) in [6.07, 6.45) is 0. The molecule has 0 atom stereocenters. The third-order valence-electron chi connectivity index (χ3n) is 2.71. The summed E-state index contributed by atoms with van der Waals surface area (Å²) in [6, 6.07) is 6.18. The Bertz CT molecular complexity index is 435. The van der Waals surface area contributed by atoms with E-state index < -0.39 is 0 Å². The molecule has 106 valence electrons. The van der Waals surface area contributed by atoms with Crippen LogP contribution in [0.2, 0.25) is 0 Å². The highest BCUT2D eigenvalue weighted by molar-refractivity contribution is 9.10. The van der Waals surface area contributed by atoms with Gasteiger partial charge in [-0.15, -0.1) is 0 Å². The van der Waals surface area contributed by atoms with Gasteiger partial charge in [0.15, 0.2) is 0 Å². The number of nitrogens with zero attached hydrogens (tertiary/aromatic N) is 1. The van der Waals surface area contributed by atoms with Gasteiger partial charge in [-0.25, -0.2) is 0 Å². The largest absolute Gasteiger partial charge is 0.362 e. The Labute approximate surface area is 123 Å². The summed E-state index contributed by atoms with van der Waals surface area (Å²) < 4.78 is 0.980. The van der Waals surface area contributed by atoms with Crippen molar-refractivity contribution >= 4 is 27.5 Å². The topological polar surface area (TPSA) is 58.4 Å². The first-order chi connectivity index (χ1) is 8.96. The van der Waals surface area contributed by atoms with Crippen molar-refractivity contribution in [2.24, 2.45) is 5.73 Å². The molecule has 3 N–H and O–H groups in total. The maximum absolute atomic E-state index is 11.8. The van der Waals surface area contributed by atoms with E-state index in [1.54, 1.807) is 0 Å². The Balaban J connectivity index is 2.84. The SMILES string of the molecule is CCN(CC(=O)NC(C)C)c1cc(Br)cc(CN)c1. The van der Waals surface area contributed by atoms with E-state index in [1.807, 2.05) is 43.9 Å². The number of likely N-dealkylation sites (N-methyl/N-ethyl adjacent to an activating group) is 1. The first-order valence-electron chi connectivity index (χ1n) is 6.50. The van der Waals surface area contributed by atoms with Gasteiger partial charge in [0.1, 0.15) is 0 Å². The zero-order chi connectivity index (χ0) is 14.4. The smallest absolute Gasteiger partial charge is 0.239 e. The molecule has 1 amide bonds. The summed E-state index contributed by atoms with van der Waals surface area (Å²) in [6.45, 7) is 7.56. The lowest BCUT2D eigenvalue weighted by molar-refractivity contribution is -0.120. The molecule has 5 heteroatoms. The zero-order valence-electron chi connectivity index (χ0n) is 11.7. The molecule has 4 nitrogen and oxygen atoms in total. The van der Waals surface area contributed by atoms with Gasteiger partial charge in [-0.2, -0.15) is 0 Å². The Morgan fingerprint density at radius 1 is 1.42 bits per heavy atom. The molecule has 0 aromatic heterocycles. The van der Waals surface area contributed by atoms with Crippen LogP contribution in [-0.4, -0.2) is 25.0 Å². The van der Waals surface area contributed by atoms with Crippen molar-refractivity contribution in [2.75, 3.05) is 18.0 Å². The highest BCUT2D eigenvalue weighted by Crippen LogP contribution is 2.22. The van der Waals surface area contributed by atoms with Crippen LogP contribution in [0.25, 0.3) is 0 Å². The number of amides is 1. The molecule has 0 bridgehead atoms. The van der Waals surface area contributed by atoms with E-state index in [0.29, 0.717) is 13.1 Å². The Morgan fingerprint density at radius 3 is 2.63 bits per heavy atom. The summed E-state index contributed by atoms with van der Waals surface area (Å²) in [7, 11) is 0. The van der Waals surface area contributed by atoms with Crippen LogP contribution in [0.3, 0.4) is 0 Å². The molecule has 1 aromatic rings. The van der Waals surface area contributed by atoms with E-state index in [9.17, 15) is 4.79 Å². The maximum Gasteiger partial charge on any atom is 0.239 e. The standard InChI is InChI=1S/C14H22BrN3O/c1-4-18(9-14(19)17-10(2)3)13-6-11(8-16)5-12(15)7-13/h5-7,10H,4,8-9,16H2,1-3H3,(H,17,19). The van der Waals surface area contributed by atoms with Crippen LogP contribution in [0.4, 0.5) is 5.69 Å². The molecular weight excluding hydrogens is 306 g/mol. The summed E-state index contributed by atoms with van der Waals surface area (Å²) in [5.41, 5.74) is 7.74. The lowest BCUT2D eigenvalue weighted by Crippen LogP contribution is -2.40. The molecule has 0 spiro atoms.